The summed E-state index contributed by atoms with van der Waals surface area (Å²) in [7, 11) is 2.14. The van der Waals surface area contributed by atoms with E-state index in [2.05, 4.69) is 50.6 Å². The molecular weight excluding hydrogens is 378 g/mol. The van der Waals surface area contributed by atoms with Crippen molar-refractivity contribution in [2.75, 3.05) is 20.1 Å². The molecule has 4 heteroatoms. The molecule has 3 nitrogen and oxygen atoms in total. The van der Waals surface area contributed by atoms with Crippen LogP contribution in [0.1, 0.15) is 85.8 Å². The number of rotatable bonds is 5. The number of thiophene rings is 1. The highest BCUT2D eigenvalue weighted by molar-refractivity contribution is 7.14. The van der Waals surface area contributed by atoms with Gasteiger partial charge in [-0.1, -0.05) is 57.4 Å². The molecule has 29 heavy (non-hydrogen) atoms. The number of carboxylic acid groups (broad SMARTS) is 1. The normalized spacial score (nSPS) is 24.1. The Hall–Kier alpha value is -1.57. The Balaban J connectivity index is 1.99. The van der Waals surface area contributed by atoms with Gasteiger partial charge in [-0.2, -0.15) is 0 Å². The van der Waals surface area contributed by atoms with Gasteiger partial charge in [0.2, 0.25) is 0 Å². The molecule has 158 valence electrons. The van der Waals surface area contributed by atoms with E-state index in [4.69, 9.17) is 0 Å². The van der Waals surface area contributed by atoms with Crippen molar-refractivity contribution >= 4 is 22.9 Å². The average Bonchev–Trinajstić information content (AvgIpc) is 3.12. The lowest BCUT2D eigenvalue weighted by molar-refractivity contribution is 0.0702. The summed E-state index contributed by atoms with van der Waals surface area (Å²) in [5.74, 6) is 7.54. The molecule has 2 aliphatic rings. The highest BCUT2D eigenvalue weighted by Crippen LogP contribution is 2.41. The van der Waals surface area contributed by atoms with Gasteiger partial charge in [0, 0.05) is 24.6 Å². The van der Waals surface area contributed by atoms with E-state index >= 15 is 0 Å². The summed E-state index contributed by atoms with van der Waals surface area (Å²) in [6.07, 6.45) is 8.34. The first-order chi connectivity index (χ1) is 13.9. The Morgan fingerprint density at radius 1 is 1.34 bits per heavy atom. The van der Waals surface area contributed by atoms with Crippen LogP contribution in [0.3, 0.4) is 0 Å². The number of aromatic carboxylic acids is 1. The lowest BCUT2D eigenvalue weighted by Gasteiger charge is -2.35. The predicted octanol–water partition coefficient (Wildman–Crippen LogP) is 6.15. The van der Waals surface area contributed by atoms with Crippen LogP contribution in [0, 0.1) is 29.6 Å². The number of carbonyl (C=O) groups is 1. The van der Waals surface area contributed by atoms with Crippen LogP contribution in [0.25, 0.3) is 5.57 Å². The fraction of sp³-hybridized carbons (Fsp3) is 0.640. The van der Waals surface area contributed by atoms with Crippen molar-refractivity contribution in [1.82, 2.24) is 4.90 Å². The number of likely N-dealkylation sites (N-methyl/N-ethyl adjacent to an activating group) is 1. The van der Waals surface area contributed by atoms with Crippen molar-refractivity contribution in [3.05, 3.63) is 27.0 Å². The van der Waals surface area contributed by atoms with E-state index in [-0.39, 0.29) is 0 Å². The summed E-state index contributed by atoms with van der Waals surface area (Å²) in [4.78, 5) is 15.7. The first-order valence-electron chi connectivity index (χ1n) is 11.2. The molecule has 1 aliphatic carbocycles. The zero-order valence-corrected chi connectivity index (χ0v) is 19.2. The van der Waals surface area contributed by atoms with Crippen molar-refractivity contribution in [1.29, 1.82) is 0 Å². The molecule has 0 aromatic carbocycles. The van der Waals surface area contributed by atoms with Gasteiger partial charge in [-0.05, 0) is 56.2 Å². The fourth-order valence-electron chi connectivity index (χ4n) is 4.77. The monoisotopic (exact) mass is 413 g/mol. The van der Waals surface area contributed by atoms with E-state index < -0.39 is 5.97 Å². The van der Waals surface area contributed by atoms with E-state index in [1.54, 1.807) is 0 Å². The Labute approximate surface area is 180 Å². The zero-order valence-electron chi connectivity index (χ0n) is 18.4. The minimum Gasteiger partial charge on any atom is -0.477 e. The molecule has 1 atom stereocenters. The molecule has 0 radical (unpaired) electrons. The molecule has 0 spiro atoms. The quantitative estimate of drug-likeness (QED) is 0.589. The number of hydrogen-bond donors (Lipinski definition) is 1. The van der Waals surface area contributed by atoms with Gasteiger partial charge in [-0.3, -0.25) is 0 Å². The molecule has 0 amide bonds. The van der Waals surface area contributed by atoms with Gasteiger partial charge in [-0.15, -0.1) is 11.3 Å². The van der Waals surface area contributed by atoms with Crippen LogP contribution < -0.4 is 0 Å². The molecular formula is C25H35NO2S. The summed E-state index contributed by atoms with van der Waals surface area (Å²) in [6, 6.07) is 2.06. The van der Waals surface area contributed by atoms with E-state index in [0.717, 1.165) is 48.7 Å². The predicted molar refractivity (Wildman–Crippen MR) is 122 cm³/mol. The summed E-state index contributed by atoms with van der Waals surface area (Å²) >= 11 is 1.35. The maximum atomic E-state index is 12.1. The summed E-state index contributed by atoms with van der Waals surface area (Å²) in [5, 5.41) is 9.89. The number of carboxylic acids is 1. The van der Waals surface area contributed by atoms with Gasteiger partial charge >= 0.3 is 5.97 Å². The second kappa shape index (κ2) is 9.96. The molecule has 1 N–H and O–H groups in total. The molecule has 3 rings (SSSR count). The van der Waals surface area contributed by atoms with E-state index in [1.807, 2.05) is 0 Å². The van der Waals surface area contributed by atoms with Crippen LogP contribution >= 0.6 is 11.3 Å². The van der Waals surface area contributed by atoms with Gasteiger partial charge in [0.15, 0.2) is 0 Å². The van der Waals surface area contributed by atoms with Crippen molar-refractivity contribution in [3.8, 4) is 11.8 Å². The summed E-state index contributed by atoms with van der Waals surface area (Å²) in [5.41, 5.74) is 3.71. The third-order valence-corrected chi connectivity index (χ3v) is 7.54. The van der Waals surface area contributed by atoms with Gasteiger partial charge < -0.3 is 10.0 Å². The number of nitrogens with zero attached hydrogens (tertiary/aromatic N) is 1. The largest absolute Gasteiger partial charge is 0.477 e. The minimum absolute atomic E-state index is 0.346. The van der Waals surface area contributed by atoms with Crippen LogP contribution in [-0.4, -0.2) is 36.1 Å². The van der Waals surface area contributed by atoms with Gasteiger partial charge in [-0.25, -0.2) is 4.79 Å². The first kappa shape index (κ1) is 22.1. The van der Waals surface area contributed by atoms with Crippen molar-refractivity contribution in [2.45, 2.75) is 65.7 Å². The van der Waals surface area contributed by atoms with Crippen LogP contribution in [0.2, 0.25) is 0 Å². The topological polar surface area (TPSA) is 40.5 Å². The Morgan fingerprint density at radius 3 is 2.72 bits per heavy atom. The Morgan fingerprint density at radius 2 is 2.07 bits per heavy atom. The fourth-order valence-corrected chi connectivity index (χ4v) is 5.65. The smallest absolute Gasteiger partial charge is 0.346 e. The highest BCUT2D eigenvalue weighted by Gasteiger charge is 2.29. The molecule has 1 aromatic heterocycles. The maximum absolute atomic E-state index is 12.1. The molecule has 1 saturated carbocycles. The Kier molecular flexibility index (Phi) is 7.60. The molecule has 0 bridgehead atoms. The van der Waals surface area contributed by atoms with Crippen LogP contribution in [0.15, 0.2) is 11.6 Å². The lowest BCUT2D eigenvalue weighted by atomic mass is 9.75. The van der Waals surface area contributed by atoms with Gasteiger partial charge in [0.05, 0.1) is 4.88 Å². The molecule has 1 unspecified atom stereocenters. The van der Waals surface area contributed by atoms with Gasteiger partial charge in [0.25, 0.3) is 0 Å². The number of hydrogen-bond acceptors (Lipinski definition) is 3. The SMILES string of the molecule is CCCC(C)C#Cc1cc(C2=C(C3CCC(C)CC3)CCN(C)C2)c(C(=O)O)s1. The second-order valence-corrected chi connectivity index (χ2v) is 10.1. The standard InChI is InChI=1S/C25H35NO2S/c1-5-6-17(2)9-12-20-15-22(24(29-20)25(27)28)23-16-26(4)14-13-21(23)19-10-7-18(3)8-11-19/h15,17-19H,5-8,10-11,13-14,16H2,1-4H3,(H,27,28). The molecule has 1 fully saturated rings. The van der Waals surface area contributed by atoms with Crippen LogP contribution in [0.5, 0.6) is 0 Å². The molecule has 1 aromatic rings. The van der Waals surface area contributed by atoms with Crippen molar-refractivity contribution in [2.24, 2.45) is 17.8 Å². The second-order valence-electron chi connectivity index (χ2n) is 9.07. The van der Waals surface area contributed by atoms with E-state index in [0.29, 0.717) is 16.7 Å². The minimum atomic E-state index is -0.822. The van der Waals surface area contributed by atoms with E-state index in [9.17, 15) is 9.90 Å². The van der Waals surface area contributed by atoms with Crippen LogP contribution in [-0.2, 0) is 0 Å². The summed E-state index contributed by atoms with van der Waals surface area (Å²) < 4.78 is 0. The maximum Gasteiger partial charge on any atom is 0.346 e. The third kappa shape index (κ3) is 5.53. The lowest BCUT2D eigenvalue weighted by Crippen LogP contribution is -2.30. The Bertz CT molecular complexity index is 818. The van der Waals surface area contributed by atoms with E-state index in [1.165, 1.54) is 48.2 Å². The first-order valence-corrected chi connectivity index (χ1v) is 12.0. The van der Waals surface area contributed by atoms with Crippen molar-refractivity contribution in [3.63, 3.8) is 0 Å². The van der Waals surface area contributed by atoms with Crippen molar-refractivity contribution < 1.29 is 9.90 Å². The van der Waals surface area contributed by atoms with Gasteiger partial charge in [0.1, 0.15) is 4.88 Å². The average molecular weight is 414 g/mol. The summed E-state index contributed by atoms with van der Waals surface area (Å²) in [6.45, 7) is 8.58. The molecule has 1 aliphatic heterocycles. The third-order valence-electron chi connectivity index (χ3n) is 6.50. The zero-order chi connectivity index (χ0) is 21.0. The molecule has 0 saturated heterocycles. The molecule has 2 heterocycles. The highest BCUT2D eigenvalue weighted by atomic mass is 32.1. The van der Waals surface area contributed by atoms with Crippen LogP contribution in [0.4, 0.5) is 0 Å².